The second-order valence-corrected chi connectivity index (χ2v) is 6.77. The zero-order valence-corrected chi connectivity index (χ0v) is 14.3. The van der Waals surface area contributed by atoms with Crippen molar-refractivity contribution in [3.8, 4) is 0 Å². The molecule has 1 heterocycles. The molecule has 5 nitrogen and oxygen atoms in total. The van der Waals surface area contributed by atoms with E-state index in [0.717, 1.165) is 5.56 Å². The number of nitrogens with zero attached hydrogens (tertiary/aromatic N) is 1. The van der Waals surface area contributed by atoms with Crippen LogP contribution in [0.15, 0.2) is 48.5 Å². The van der Waals surface area contributed by atoms with Crippen LogP contribution in [-0.4, -0.2) is 21.7 Å². The van der Waals surface area contributed by atoms with E-state index in [1.54, 1.807) is 26.8 Å². The summed E-state index contributed by atoms with van der Waals surface area (Å²) in [7, 11) is 0. The van der Waals surface area contributed by atoms with Crippen molar-refractivity contribution in [1.82, 2.24) is 15.3 Å². The highest BCUT2D eigenvalue weighted by Crippen LogP contribution is 2.23. The summed E-state index contributed by atoms with van der Waals surface area (Å²) >= 11 is 0. The lowest BCUT2D eigenvalue weighted by Crippen LogP contribution is -2.35. The number of carbonyl (C=O) groups excluding carboxylic acids is 1. The van der Waals surface area contributed by atoms with Crippen LogP contribution >= 0.6 is 0 Å². The van der Waals surface area contributed by atoms with Crippen LogP contribution < -0.4 is 5.32 Å². The highest BCUT2D eigenvalue weighted by molar-refractivity contribution is 5.75. The molecule has 2 aromatic carbocycles. The van der Waals surface area contributed by atoms with Crippen molar-refractivity contribution in [2.75, 3.05) is 0 Å². The number of alkyl carbamates (subject to hydrolysis) is 1. The van der Waals surface area contributed by atoms with Crippen molar-refractivity contribution < 1.29 is 13.9 Å². The quantitative estimate of drug-likeness (QED) is 0.746. The van der Waals surface area contributed by atoms with E-state index in [-0.39, 0.29) is 5.82 Å². The number of nitrogens with one attached hydrogen (secondary N) is 2. The van der Waals surface area contributed by atoms with Crippen LogP contribution in [0.2, 0.25) is 0 Å². The van der Waals surface area contributed by atoms with Crippen molar-refractivity contribution in [3.63, 3.8) is 0 Å². The Morgan fingerprint density at radius 1 is 1.20 bits per heavy atom. The Morgan fingerprint density at radius 3 is 2.60 bits per heavy atom. The fourth-order valence-corrected chi connectivity index (χ4v) is 2.52. The molecule has 3 rings (SSSR count). The second-order valence-electron chi connectivity index (χ2n) is 6.77. The van der Waals surface area contributed by atoms with E-state index >= 15 is 0 Å². The Morgan fingerprint density at radius 2 is 1.92 bits per heavy atom. The van der Waals surface area contributed by atoms with E-state index in [2.05, 4.69) is 15.3 Å². The number of imidazole rings is 1. The largest absolute Gasteiger partial charge is 0.444 e. The molecule has 1 unspecified atom stereocenters. The molecule has 2 N–H and O–H groups in total. The number of aromatic nitrogens is 2. The number of halogens is 1. The maximum absolute atomic E-state index is 13.4. The molecule has 0 aliphatic heterocycles. The third kappa shape index (κ3) is 4.15. The minimum Gasteiger partial charge on any atom is -0.444 e. The van der Waals surface area contributed by atoms with Crippen LogP contribution in [-0.2, 0) is 4.74 Å². The summed E-state index contributed by atoms with van der Waals surface area (Å²) in [6, 6.07) is 13.2. The Hall–Kier alpha value is -2.89. The van der Waals surface area contributed by atoms with Crippen molar-refractivity contribution in [2.45, 2.75) is 32.4 Å². The van der Waals surface area contributed by atoms with E-state index in [9.17, 15) is 9.18 Å². The Kier molecular flexibility index (Phi) is 4.44. The molecular formula is C19H20FN3O2. The molecule has 25 heavy (non-hydrogen) atoms. The molecule has 0 spiro atoms. The Balaban J connectivity index is 1.96. The minimum absolute atomic E-state index is 0.348. The Bertz CT molecular complexity index is 885. The van der Waals surface area contributed by atoms with E-state index < -0.39 is 17.7 Å². The van der Waals surface area contributed by atoms with Gasteiger partial charge in [-0.25, -0.2) is 14.2 Å². The van der Waals surface area contributed by atoms with Crippen molar-refractivity contribution in [1.29, 1.82) is 0 Å². The number of hydrogen-bond donors (Lipinski definition) is 2. The number of fused-ring (bicyclic) bond motifs is 1. The number of carbonyl (C=O) groups is 1. The van der Waals surface area contributed by atoms with Crippen LogP contribution in [0.3, 0.4) is 0 Å². The van der Waals surface area contributed by atoms with Gasteiger partial charge in [0, 0.05) is 0 Å². The smallest absolute Gasteiger partial charge is 0.408 e. The highest BCUT2D eigenvalue weighted by Gasteiger charge is 2.24. The topological polar surface area (TPSA) is 67.0 Å². The predicted octanol–water partition coefficient (Wildman–Crippen LogP) is 4.32. The number of benzene rings is 2. The molecule has 0 saturated heterocycles. The number of rotatable bonds is 3. The van der Waals surface area contributed by atoms with E-state index in [4.69, 9.17) is 4.74 Å². The van der Waals surface area contributed by atoms with Crippen LogP contribution in [0.4, 0.5) is 9.18 Å². The molecule has 0 saturated carbocycles. The average molecular weight is 341 g/mol. The van der Waals surface area contributed by atoms with E-state index in [1.165, 1.54) is 12.1 Å². The maximum atomic E-state index is 13.4. The van der Waals surface area contributed by atoms with Gasteiger partial charge in [-0.05, 0) is 44.5 Å². The normalized spacial score (nSPS) is 12.8. The zero-order valence-electron chi connectivity index (χ0n) is 14.3. The third-order valence-electron chi connectivity index (χ3n) is 3.53. The third-order valence-corrected chi connectivity index (χ3v) is 3.53. The van der Waals surface area contributed by atoms with Gasteiger partial charge in [-0.3, -0.25) is 0 Å². The first kappa shape index (κ1) is 17.0. The van der Waals surface area contributed by atoms with Gasteiger partial charge in [0.15, 0.2) is 0 Å². The molecule has 1 amide bonds. The number of aromatic amines is 1. The number of H-pyrrole nitrogens is 1. The van der Waals surface area contributed by atoms with E-state index in [1.807, 2.05) is 30.3 Å². The van der Waals surface area contributed by atoms with Crippen molar-refractivity contribution in [3.05, 3.63) is 65.7 Å². The zero-order chi connectivity index (χ0) is 18.0. The number of ether oxygens (including phenoxy) is 1. The van der Waals surface area contributed by atoms with Crippen LogP contribution in [0, 0.1) is 5.82 Å². The summed E-state index contributed by atoms with van der Waals surface area (Å²) in [5.41, 5.74) is 1.43. The molecule has 0 bridgehead atoms. The van der Waals surface area contributed by atoms with Gasteiger partial charge < -0.3 is 15.0 Å². The van der Waals surface area contributed by atoms with Crippen molar-refractivity contribution >= 4 is 17.1 Å². The average Bonchev–Trinajstić information content (AvgIpc) is 2.94. The lowest BCUT2D eigenvalue weighted by Gasteiger charge is -2.23. The van der Waals surface area contributed by atoms with Crippen molar-refractivity contribution in [2.24, 2.45) is 0 Å². The lowest BCUT2D eigenvalue weighted by molar-refractivity contribution is 0.0510. The summed E-state index contributed by atoms with van der Waals surface area (Å²) in [5, 5.41) is 2.83. The van der Waals surface area contributed by atoms with Gasteiger partial charge >= 0.3 is 6.09 Å². The highest BCUT2D eigenvalue weighted by atomic mass is 19.1. The second kappa shape index (κ2) is 6.55. The van der Waals surface area contributed by atoms with Crippen LogP contribution in [0.5, 0.6) is 0 Å². The van der Waals surface area contributed by atoms with E-state index in [0.29, 0.717) is 16.9 Å². The summed E-state index contributed by atoms with van der Waals surface area (Å²) in [4.78, 5) is 19.8. The van der Waals surface area contributed by atoms with Gasteiger partial charge in [-0.15, -0.1) is 0 Å². The molecule has 130 valence electrons. The van der Waals surface area contributed by atoms with Gasteiger partial charge in [-0.1, -0.05) is 30.3 Å². The number of amides is 1. The molecule has 0 radical (unpaired) electrons. The summed E-state index contributed by atoms with van der Waals surface area (Å²) in [5.74, 6) is 0.164. The molecule has 6 heteroatoms. The molecular weight excluding hydrogens is 321 g/mol. The Labute approximate surface area is 145 Å². The summed E-state index contributed by atoms with van der Waals surface area (Å²) in [6.45, 7) is 5.40. The molecule has 0 fully saturated rings. The first-order valence-corrected chi connectivity index (χ1v) is 8.01. The van der Waals surface area contributed by atoms with Gasteiger partial charge in [0.1, 0.15) is 23.3 Å². The van der Waals surface area contributed by atoms with Crippen LogP contribution in [0.1, 0.15) is 38.2 Å². The first-order chi connectivity index (χ1) is 11.8. The van der Waals surface area contributed by atoms with Gasteiger partial charge in [0.25, 0.3) is 0 Å². The lowest BCUT2D eigenvalue weighted by atomic mass is 10.1. The van der Waals surface area contributed by atoms with Gasteiger partial charge in [0.05, 0.1) is 11.0 Å². The van der Waals surface area contributed by atoms with Gasteiger partial charge in [0.2, 0.25) is 0 Å². The SMILES string of the molecule is CC(C)(C)OC(=O)NC(c1ccccc1)c1nc2ccc(F)cc2[nH]1. The molecule has 3 aromatic rings. The fourth-order valence-electron chi connectivity index (χ4n) is 2.52. The predicted molar refractivity (Wildman–Crippen MR) is 93.7 cm³/mol. The maximum Gasteiger partial charge on any atom is 0.408 e. The van der Waals surface area contributed by atoms with Crippen LogP contribution in [0.25, 0.3) is 11.0 Å². The minimum atomic E-state index is -0.609. The van der Waals surface area contributed by atoms with Gasteiger partial charge in [-0.2, -0.15) is 0 Å². The molecule has 0 aliphatic rings. The monoisotopic (exact) mass is 341 g/mol. The molecule has 0 aliphatic carbocycles. The summed E-state index contributed by atoms with van der Waals surface area (Å²) in [6.07, 6.45) is -0.548. The standard InChI is InChI=1S/C19H20FN3O2/c1-19(2,3)25-18(24)23-16(12-7-5-4-6-8-12)17-21-14-10-9-13(20)11-15(14)22-17/h4-11,16H,1-3H3,(H,21,22)(H,23,24). The number of hydrogen-bond acceptors (Lipinski definition) is 3. The summed E-state index contributed by atoms with van der Waals surface area (Å²) < 4.78 is 18.8. The first-order valence-electron chi connectivity index (χ1n) is 8.01. The molecule has 1 atom stereocenters. The molecule has 1 aromatic heterocycles. The fraction of sp³-hybridized carbons (Fsp3) is 0.263.